The molecule has 1 aliphatic heterocycles. The molecule has 0 aliphatic carbocycles. The van der Waals surface area contributed by atoms with Crippen molar-refractivity contribution in [1.82, 2.24) is 15.0 Å². The third-order valence-electron chi connectivity index (χ3n) is 6.00. The van der Waals surface area contributed by atoms with Crippen molar-refractivity contribution < 1.29 is 22.3 Å². The van der Waals surface area contributed by atoms with Crippen LogP contribution in [0.3, 0.4) is 0 Å². The van der Waals surface area contributed by atoms with Crippen LogP contribution in [0.15, 0.2) is 71.9 Å². The number of nitrogens with zero attached hydrogens (tertiary/aromatic N) is 3. The van der Waals surface area contributed by atoms with E-state index >= 15 is 0 Å². The van der Waals surface area contributed by atoms with E-state index in [1.54, 1.807) is 18.5 Å². The summed E-state index contributed by atoms with van der Waals surface area (Å²) in [5.74, 6) is 0.0509. The minimum Gasteiger partial charge on any atom is -0.378 e. The molecule has 0 saturated carbocycles. The number of carbonyl (C=O) groups excluding carboxylic acids is 1. The number of imidazole rings is 1. The van der Waals surface area contributed by atoms with Crippen LogP contribution < -0.4 is 15.5 Å². The predicted molar refractivity (Wildman–Crippen MR) is 142 cm³/mol. The maximum atomic E-state index is 14.7. The minimum absolute atomic E-state index is 0.0376. The number of urea groups is 1. The van der Waals surface area contributed by atoms with Gasteiger partial charge in [0.2, 0.25) is 5.95 Å². The van der Waals surface area contributed by atoms with Gasteiger partial charge in [0.05, 0.1) is 35.2 Å². The Labute approximate surface area is 218 Å². The number of aromatic amines is 1. The molecule has 2 aromatic heterocycles. The van der Waals surface area contributed by atoms with E-state index in [2.05, 4.69) is 25.5 Å². The number of anilines is 3. The van der Waals surface area contributed by atoms with Crippen molar-refractivity contribution in [2.24, 2.45) is 0 Å². The van der Waals surface area contributed by atoms with Crippen molar-refractivity contribution in [2.75, 3.05) is 48.1 Å². The van der Waals surface area contributed by atoms with Crippen molar-refractivity contribution in [2.45, 2.75) is 4.90 Å². The number of halogens is 1. The van der Waals surface area contributed by atoms with E-state index in [1.165, 1.54) is 36.4 Å². The fourth-order valence-corrected chi connectivity index (χ4v) is 4.69. The molecule has 10 nitrogen and oxygen atoms in total. The molecule has 4 aromatic rings. The molecule has 38 heavy (non-hydrogen) atoms. The Bertz CT molecular complexity index is 1550. The molecule has 1 saturated heterocycles. The Hall–Kier alpha value is -4.29. The molecule has 0 bridgehead atoms. The van der Waals surface area contributed by atoms with Gasteiger partial charge in [-0.05, 0) is 54.6 Å². The van der Waals surface area contributed by atoms with Crippen molar-refractivity contribution in [3.05, 3.63) is 72.8 Å². The van der Waals surface area contributed by atoms with Gasteiger partial charge in [0.15, 0.2) is 9.84 Å². The smallest absolute Gasteiger partial charge is 0.323 e. The van der Waals surface area contributed by atoms with Gasteiger partial charge >= 0.3 is 6.03 Å². The van der Waals surface area contributed by atoms with Crippen LogP contribution in [0, 0.1) is 5.82 Å². The van der Waals surface area contributed by atoms with Gasteiger partial charge in [0, 0.05) is 48.6 Å². The summed E-state index contributed by atoms with van der Waals surface area (Å²) >= 11 is 0. The van der Waals surface area contributed by atoms with Crippen molar-refractivity contribution in [3.63, 3.8) is 0 Å². The summed E-state index contributed by atoms with van der Waals surface area (Å²) < 4.78 is 43.5. The number of H-pyrrole nitrogens is 1. The summed E-state index contributed by atoms with van der Waals surface area (Å²) in [7, 11) is -3.36. The van der Waals surface area contributed by atoms with Gasteiger partial charge in [-0.2, -0.15) is 0 Å². The summed E-state index contributed by atoms with van der Waals surface area (Å²) in [5, 5.41) is 5.11. The van der Waals surface area contributed by atoms with E-state index in [-0.39, 0.29) is 10.6 Å². The molecule has 2 aromatic carbocycles. The third kappa shape index (κ3) is 5.66. The molecule has 3 heterocycles. The number of aromatic nitrogens is 3. The number of ether oxygens (including phenoxy) is 1. The third-order valence-corrected chi connectivity index (χ3v) is 7.13. The van der Waals surface area contributed by atoms with Crippen LogP contribution in [0.2, 0.25) is 0 Å². The van der Waals surface area contributed by atoms with Crippen LogP contribution in [0.1, 0.15) is 0 Å². The molecule has 1 aliphatic rings. The van der Waals surface area contributed by atoms with Crippen molar-refractivity contribution in [1.29, 1.82) is 0 Å². The fourth-order valence-electron chi connectivity index (χ4n) is 4.06. The van der Waals surface area contributed by atoms with Gasteiger partial charge < -0.3 is 25.3 Å². The zero-order valence-corrected chi connectivity index (χ0v) is 21.3. The van der Waals surface area contributed by atoms with Crippen molar-refractivity contribution in [3.8, 4) is 22.5 Å². The highest BCUT2D eigenvalue weighted by Crippen LogP contribution is 2.34. The molecule has 5 rings (SSSR count). The molecule has 0 atom stereocenters. The lowest BCUT2D eigenvalue weighted by molar-refractivity contribution is 0.122. The number of benzene rings is 2. The second-order valence-electron chi connectivity index (χ2n) is 8.69. The Balaban J connectivity index is 1.42. The standard InChI is InChI=1S/C26H25FN6O4S/c1-38(35,36)20-5-3-19(4-6-20)29-26(34)30-22-16-18(2-7-21(22)27)24-23(17-8-10-28-11-9-17)31-25(32-24)33-12-14-37-15-13-33/h2-11,16H,12-15H2,1H3,(H,31,32)(H2,29,30,34). The number of hydrogen-bond donors (Lipinski definition) is 3. The minimum atomic E-state index is -3.36. The van der Waals surface area contributed by atoms with Gasteiger partial charge in [0.25, 0.3) is 0 Å². The van der Waals surface area contributed by atoms with E-state index in [1.807, 2.05) is 12.1 Å². The summed E-state index contributed by atoms with van der Waals surface area (Å²) in [6.07, 6.45) is 4.46. The first-order valence-corrected chi connectivity index (χ1v) is 13.7. The quantitative estimate of drug-likeness (QED) is 0.337. The predicted octanol–water partition coefficient (Wildman–Crippen LogP) is 4.16. The number of rotatable bonds is 6. The highest BCUT2D eigenvalue weighted by molar-refractivity contribution is 7.90. The zero-order chi connectivity index (χ0) is 26.7. The van der Waals surface area contributed by atoms with E-state index < -0.39 is 21.7 Å². The second-order valence-corrected chi connectivity index (χ2v) is 10.7. The SMILES string of the molecule is CS(=O)(=O)c1ccc(NC(=O)Nc2cc(-c3nc(N4CCOCC4)[nH]c3-c3ccncc3)ccc2F)cc1. The second kappa shape index (κ2) is 10.6. The normalized spacial score (nSPS) is 13.8. The highest BCUT2D eigenvalue weighted by Gasteiger charge is 2.21. The largest absolute Gasteiger partial charge is 0.378 e. The first-order chi connectivity index (χ1) is 18.3. The maximum absolute atomic E-state index is 14.7. The van der Waals surface area contributed by atoms with E-state index in [4.69, 9.17) is 9.72 Å². The highest BCUT2D eigenvalue weighted by atomic mass is 32.2. The lowest BCUT2D eigenvalue weighted by Crippen LogP contribution is -2.36. The number of amides is 2. The van der Waals surface area contributed by atoms with E-state index in [9.17, 15) is 17.6 Å². The Kier molecular flexibility index (Phi) is 7.07. The van der Waals surface area contributed by atoms with Gasteiger partial charge in [0.1, 0.15) is 5.82 Å². The number of morpholine rings is 1. The van der Waals surface area contributed by atoms with Crippen LogP contribution in [-0.4, -0.2) is 62.0 Å². The maximum Gasteiger partial charge on any atom is 0.323 e. The summed E-state index contributed by atoms with van der Waals surface area (Å²) in [6.45, 7) is 2.56. The van der Waals surface area contributed by atoms with Gasteiger partial charge in [-0.25, -0.2) is 22.6 Å². The average molecular weight is 537 g/mol. The van der Waals surface area contributed by atoms with Crippen molar-refractivity contribution >= 4 is 33.2 Å². The zero-order valence-electron chi connectivity index (χ0n) is 20.4. The first kappa shape index (κ1) is 25.4. The lowest BCUT2D eigenvalue weighted by Gasteiger charge is -2.26. The number of hydrogen-bond acceptors (Lipinski definition) is 7. The number of pyridine rings is 1. The molecule has 0 spiro atoms. The number of sulfone groups is 1. The van der Waals surface area contributed by atoms with Crippen LogP contribution in [0.4, 0.5) is 26.5 Å². The summed E-state index contributed by atoms with van der Waals surface area (Å²) in [6, 6.07) is 13.1. The Morgan fingerprint density at radius 1 is 1.00 bits per heavy atom. The monoisotopic (exact) mass is 536 g/mol. The van der Waals surface area contributed by atoms with E-state index in [0.717, 1.165) is 17.5 Å². The van der Waals surface area contributed by atoms with Gasteiger partial charge in [-0.1, -0.05) is 0 Å². The Morgan fingerprint density at radius 2 is 1.71 bits per heavy atom. The molecule has 196 valence electrons. The first-order valence-electron chi connectivity index (χ1n) is 11.8. The molecule has 12 heteroatoms. The van der Waals surface area contributed by atoms with Gasteiger partial charge in [-0.15, -0.1) is 0 Å². The average Bonchev–Trinajstić information content (AvgIpc) is 3.36. The molecule has 0 radical (unpaired) electrons. The number of carbonyl (C=O) groups is 1. The molecule has 0 unspecified atom stereocenters. The van der Waals surface area contributed by atoms with Gasteiger partial charge in [-0.3, -0.25) is 4.98 Å². The van der Waals surface area contributed by atoms with Crippen LogP contribution in [-0.2, 0) is 14.6 Å². The fraction of sp³-hybridized carbons (Fsp3) is 0.192. The lowest BCUT2D eigenvalue weighted by atomic mass is 10.1. The molecular weight excluding hydrogens is 511 g/mol. The molecular formula is C26H25FN6O4S. The van der Waals surface area contributed by atoms with E-state index in [0.29, 0.717) is 49.2 Å². The molecule has 3 N–H and O–H groups in total. The summed E-state index contributed by atoms with van der Waals surface area (Å²) in [5.41, 5.74) is 3.11. The number of nitrogens with one attached hydrogen (secondary N) is 3. The van der Waals surface area contributed by atoms with Crippen LogP contribution in [0.25, 0.3) is 22.5 Å². The van der Waals surface area contributed by atoms with Crippen LogP contribution >= 0.6 is 0 Å². The van der Waals surface area contributed by atoms with Crippen LogP contribution in [0.5, 0.6) is 0 Å². The molecule has 2 amide bonds. The Morgan fingerprint density at radius 3 is 2.39 bits per heavy atom. The topological polar surface area (TPSA) is 129 Å². The summed E-state index contributed by atoms with van der Waals surface area (Å²) in [4.78, 5) is 27.1. The molecule has 1 fully saturated rings.